The molecule has 0 spiro atoms. The Kier molecular flexibility index (Phi) is 3.00. The van der Waals surface area contributed by atoms with Gasteiger partial charge in [-0.3, -0.25) is 5.10 Å². The zero-order valence-corrected chi connectivity index (χ0v) is 10.2. The van der Waals surface area contributed by atoms with E-state index in [9.17, 15) is 8.42 Å². The Morgan fingerprint density at radius 3 is 2.69 bits per heavy atom. The van der Waals surface area contributed by atoms with Crippen LogP contribution in [0.1, 0.15) is 17.8 Å². The molecule has 7 heteroatoms. The van der Waals surface area contributed by atoms with Crippen molar-refractivity contribution in [3.05, 3.63) is 11.4 Å². The summed E-state index contributed by atoms with van der Waals surface area (Å²) in [6.07, 6.45) is 0.829. The van der Waals surface area contributed by atoms with Crippen molar-refractivity contribution in [3.63, 3.8) is 0 Å². The molecule has 0 amide bonds. The van der Waals surface area contributed by atoms with Crippen LogP contribution in [0.3, 0.4) is 0 Å². The van der Waals surface area contributed by atoms with Gasteiger partial charge in [0.15, 0.2) is 0 Å². The first kappa shape index (κ1) is 11.6. The molecule has 0 unspecified atom stereocenters. The van der Waals surface area contributed by atoms with Crippen LogP contribution in [0.15, 0.2) is 4.90 Å². The van der Waals surface area contributed by atoms with E-state index >= 15 is 0 Å². The van der Waals surface area contributed by atoms with Crippen molar-refractivity contribution in [3.8, 4) is 0 Å². The number of rotatable bonds is 3. The summed E-state index contributed by atoms with van der Waals surface area (Å²) in [5.41, 5.74) is 1.09. The number of aromatic amines is 1. The molecule has 0 bridgehead atoms. The van der Waals surface area contributed by atoms with Gasteiger partial charge in [0.2, 0.25) is 10.0 Å². The minimum absolute atomic E-state index is 0.0151. The van der Waals surface area contributed by atoms with Crippen LogP contribution in [-0.2, 0) is 10.0 Å². The number of nitrogens with one attached hydrogen (secondary N) is 3. The maximum Gasteiger partial charge on any atom is 0.244 e. The third kappa shape index (κ3) is 2.11. The molecule has 1 aromatic heterocycles. The Labute approximate surface area is 94.9 Å². The standard InChI is InChI=1S/C9H16N4O2S/c1-6-9(7(2)12-11-6)16(14,15)13-8-3-4-10-5-8/h8,10,13H,3-5H2,1-2H3,(H,11,12)/t8-/m0/s1. The highest BCUT2D eigenvalue weighted by molar-refractivity contribution is 7.89. The van der Waals surface area contributed by atoms with Crippen LogP contribution in [0.25, 0.3) is 0 Å². The summed E-state index contributed by atoms with van der Waals surface area (Å²) >= 11 is 0. The summed E-state index contributed by atoms with van der Waals surface area (Å²) in [5.74, 6) is 0. The quantitative estimate of drug-likeness (QED) is 0.679. The molecule has 0 radical (unpaired) electrons. The van der Waals surface area contributed by atoms with Gasteiger partial charge >= 0.3 is 0 Å². The van der Waals surface area contributed by atoms with Crippen LogP contribution >= 0.6 is 0 Å². The third-order valence-electron chi connectivity index (χ3n) is 2.71. The molecule has 0 aromatic carbocycles. The highest BCUT2D eigenvalue weighted by atomic mass is 32.2. The van der Waals surface area contributed by atoms with Crippen LogP contribution < -0.4 is 10.0 Å². The Balaban J connectivity index is 2.25. The minimum Gasteiger partial charge on any atom is -0.315 e. The molecule has 1 saturated heterocycles. The number of hydrogen-bond acceptors (Lipinski definition) is 4. The molecular formula is C9H16N4O2S. The maximum absolute atomic E-state index is 12.1. The lowest BCUT2D eigenvalue weighted by Crippen LogP contribution is -2.36. The predicted octanol–water partition coefficient (Wildman–Crippen LogP) is -0.333. The lowest BCUT2D eigenvalue weighted by Gasteiger charge is -2.11. The fourth-order valence-corrected chi connectivity index (χ4v) is 3.61. The molecular weight excluding hydrogens is 228 g/mol. The van der Waals surface area contributed by atoms with Gasteiger partial charge in [-0.25, -0.2) is 13.1 Å². The van der Waals surface area contributed by atoms with Crippen molar-refractivity contribution < 1.29 is 8.42 Å². The summed E-state index contributed by atoms with van der Waals surface area (Å²) in [5, 5.41) is 9.70. The molecule has 16 heavy (non-hydrogen) atoms. The number of sulfonamides is 1. The van der Waals surface area contributed by atoms with Crippen LogP contribution in [0.2, 0.25) is 0 Å². The lowest BCUT2D eigenvalue weighted by atomic mass is 10.3. The van der Waals surface area contributed by atoms with Crippen molar-refractivity contribution in [2.24, 2.45) is 0 Å². The van der Waals surface area contributed by atoms with Gasteiger partial charge in [-0.05, 0) is 26.8 Å². The first-order valence-electron chi connectivity index (χ1n) is 5.25. The molecule has 2 heterocycles. The van der Waals surface area contributed by atoms with E-state index in [1.807, 2.05) is 0 Å². The number of H-pyrrole nitrogens is 1. The number of aryl methyl sites for hydroxylation is 2. The zero-order valence-electron chi connectivity index (χ0n) is 9.37. The number of aromatic nitrogens is 2. The fraction of sp³-hybridized carbons (Fsp3) is 0.667. The molecule has 1 aliphatic heterocycles. The van der Waals surface area contributed by atoms with Crippen LogP contribution in [-0.4, -0.2) is 37.7 Å². The Morgan fingerprint density at radius 2 is 2.19 bits per heavy atom. The zero-order chi connectivity index (χ0) is 11.8. The van der Waals surface area contributed by atoms with E-state index in [-0.39, 0.29) is 10.9 Å². The van der Waals surface area contributed by atoms with E-state index in [0.29, 0.717) is 17.9 Å². The molecule has 1 fully saturated rings. The monoisotopic (exact) mass is 244 g/mol. The topological polar surface area (TPSA) is 86.9 Å². The van der Waals surface area contributed by atoms with Crippen LogP contribution in [0.5, 0.6) is 0 Å². The van der Waals surface area contributed by atoms with Gasteiger partial charge in [-0.2, -0.15) is 5.10 Å². The first-order valence-corrected chi connectivity index (χ1v) is 6.73. The second-order valence-corrected chi connectivity index (χ2v) is 5.72. The Hall–Kier alpha value is -0.920. The van der Waals surface area contributed by atoms with Gasteiger partial charge in [-0.1, -0.05) is 0 Å². The first-order chi connectivity index (χ1) is 7.50. The van der Waals surface area contributed by atoms with Gasteiger partial charge in [0.05, 0.1) is 11.4 Å². The largest absolute Gasteiger partial charge is 0.315 e. The van der Waals surface area contributed by atoms with Gasteiger partial charge in [0.25, 0.3) is 0 Å². The summed E-state index contributed by atoms with van der Waals surface area (Å²) in [6.45, 7) is 4.94. The number of nitrogens with zero attached hydrogens (tertiary/aromatic N) is 1. The van der Waals surface area contributed by atoms with Crippen molar-refractivity contribution in [2.45, 2.75) is 31.2 Å². The number of hydrogen-bond donors (Lipinski definition) is 3. The van der Waals surface area contributed by atoms with E-state index in [1.165, 1.54) is 0 Å². The smallest absolute Gasteiger partial charge is 0.244 e. The Bertz CT molecular complexity index is 454. The molecule has 6 nitrogen and oxygen atoms in total. The molecule has 1 aliphatic rings. The molecule has 2 rings (SSSR count). The van der Waals surface area contributed by atoms with Crippen molar-refractivity contribution in [2.75, 3.05) is 13.1 Å². The molecule has 1 aromatic rings. The summed E-state index contributed by atoms with van der Waals surface area (Å²) in [7, 11) is -3.45. The summed E-state index contributed by atoms with van der Waals surface area (Å²) in [6, 6.07) is -0.0151. The molecule has 3 N–H and O–H groups in total. The van der Waals surface area contributed by atoms with Crippen LogP contribution in [0, 0.1) is 13.8 Å². The fourth-order valence-electron chi connectivity index (χ4n) is 1.97. The van der Waals surface area contributed by atoms with Gasteiger partial charge < -0.3 is 5.32 Å². The highest BCUT2D eigenvalue weighted by Gasteiger charge is 2.26. The molecule has 0 saturated carbocycles. The second kappa shape index (κ2) is 4.15. The van der Waals surface area contributed by atoms with Gasteiger partial charge in [0.1, 0.15) is 4.90 Å². The van der Waals surface area contributed by atoms with E-state index in [4.69, 9.17) is 0 Å². The molecule has 1 atom stereocenters. The SMILES string of the molecule is Cc1n[nH]c(C)c1S(=O)(=O)N[C@H]1CCNC1. The average Bonchev–Trinajstić information content (AvgIpc) is 2.76. The van der Waals surface area contributed by atoms with Crippen molar-refractivity contribution in [1.29, 1.82) is 0 Å². The third-order valence-corrected chi connectivity index (χ3v) is 4.49. The van der Waals surface area contributed by atoms with Crippen molar-refractivity contribution in [1.82, 2.24) is 20.2 Å². The van der Waals surface area contributed by atoms with E-state index in [1.54, 1.807) is 13.8 Å². The van der Waals surface area contributed by atoms with Gasteiger partial charge in [0, 0.05) is 12.6 Å². The van der Waals surface area contributed by atoms with E-state index in [0.717, 1.165) is 13.0 Å². The highest BCUT2D eigenvalue weighted by Crippen LogP contribution is 2.17. The van der Waals surface area contributed by atoms with E-state index < -0.39 is 10.0 Å². The summed E-state index contributed by atoms with van der Waals surface area (Å²) < 4.78 is 26.9. The van der Waals surface area contributed by atoms with E-state index in [2.05, 4.69) is 20.2 Å². The molecule has 90 valence electrons. The van der Waals surface area contributed by atoms with Crippen LogP contribution in [0.4, 0.5) is 0 Å². The average molecular weight is 244 g/mol. The summed E-state index contributed by atoms with van der Waals surface area (Å²) in [4.78, 5) is 0.277. The van der Waals surface area contributed by atoms with Crippen molar-refractivity contribution >= 4 is 10.0 Å². The maximum atomic E-state index is 12.1. The normalized spacial score (nSPS) is 21.5. The van der Waals surface area contributed by atoms with Gasteiger partial charge in [-0.15, -0.1) is 0 Å². The second-order valence-electron chi connectivity index (χ2n) is 4.07. The lowest BCUT2D eigenvalue weighted by molar-refractivity contribution is 0.559. The molecule has 0 aliphatic carbocycles. The predicted molar refractivity (Wildman–Crippen MR) is 59.7 cm³/mol. The Morgan fingerprint density at radius 1 is 1.44 bits per heavy atom. The minimum atomic E-state index is -3.45.